The van der Waals surface area contributed by atoms with E-state index in [2.05, 4.69) is 32.2 Å². The first-order valence-electron chi connectivity index (χ1n) is 13.1. The van der Waals surface area contributed by atoms with Crippen molar-refractivity contribution in [2.45, 2.75) is 49.4 Å². The van der Waals surface area contributed by atoms with Crippen LogP contribution in [-0.4, -0.2) is 82.8 Å². The van der Waals surface area contributed by atoms with Crippen molar-refractivity contribution in [2.24, 2.45) is 0 Å². The number of pyridine rings is 1. The molecule has 0 amide bonds. The van der Waals surface area contributed by atoms with Gasteiger partial charge in [-0.25, -0.2) is 14.5 Å². The lowest BCUT2D eigenvalue weighted by Gasteiger charge is -2.27. The van der Waals surface area contributed by atoms with Crippen LogP contribution in [0.3, 0.4) is 0 Å². The maximum absolute atomic E-state index is 13.5. The van der Waals surface area contributed by atoms with E-state index >= 15 is 0 Å². The van der Waals surface area contributed by atoms with E-state index in [9.17, 15) is 19.4 Å². The fourth-order valence-corrected chi connectivity index (χ4v) is 8.48. The lowest BCUT2D eigenvalue weighted by Crippen LogP contribution is -2.36. The number of aliphatic hydroxyl groups is 1. The van der Waals surface area contributed by atoms with Crippen molar-refractivity contribution < 1.29 is 42.1 Å². The fraction of sp³-hybridized carbons (Fsp3) is 0.455. The molecule has 236 valence electrons. The minimum absolute atomic E-state index is 0.00823. The predicted octanol–water partition coefficient (Wildman–Crippen LogP) is 0.952. The Morgan fingerprint density at radius 1 is 1.07 bits per heavy atom. The number of aromatic amines is 1. The topological polar surface area (TPSA) is 246 Å². The molecule has 2 bridgehead atoms. The lowest BCUT2D eigenvalue weighted by molar-refractivity contribution is -0.0581. The van der Waals surface area contributed by atoms with Gasteiger partial charge in [0.25, 0.3) is 5.56 Å². The van der Waals surface area contributed by atoms with Crippen molar-refractivity contribution in [3.05, 3.63) is 41.2 Å². The smallest absolute Gasteiger partial charge is 0.386 e. The second-order valence-electron chi connectivity index (χ2n) is 10.3. The van der Waals surface area contributed by atoms with Crippen LogP contribution < -0.4 is 17.0 Å². The number of aromatic nitrogens is 6. The minimum Gasteiger partial charge on any atom is -0.398 e. The van der Waals surface area contributed by atoms with Crippen molar-refractivity contribution in [1.29, 1.82) is 0 Å². The first kappa shape index (κ1) is 30.2. The average Bonchev–Trinajstić information content (AvgIpc) is 3.72. The van der Waals surface area contributed by atoms with E-state index in [0.29, 0.717) is 16.7 Å². The molecule has 0 spiro atoms. The van der Waals surface area contributed by atoms with Gasteiger partial charge in [-0.1, -0.05) is 12.2 Å². The van der Waals surface area contributed by atoms with E-state index in [1.165, 1.54) is 17.1 Å². The second kappa shape index (κ2) is 11.1. The van der Waals surface area contributed by atoms with Crippen molar-refractivity contribution in [2.75, 3.05) is 24.7 Å². The van der Waals surface area contributed by atoms with Crippen LogP contribution in [-0.2, 0) is 43.9 Å². The first-order chi connectivity index (χ1) is 20.9. The van der Waals surface area contributed by atoms with Gasteiger partial charge >= 0.3 is 13.5 Å². The molecule has 0 aromatic carbocycles. The Kier molecular flexibility index (Phi) is 7.63. The van der Waals surface area contributed by atoms with Crippen LogP contribution in [0.5, 0.6) is 0 Å². The molecule has 22 heteroatoms. The third-order valence-corrected chi connectivity index (χ3v) is 10.7. The highest BCUT2D eigenvalue weighted by Gasteiger charge is 2.50. The van der Waals surface area contributed by atoms with Crippen molar-refractivity contribution in [3.8, 4) is 0 Å². The highest BCUT2D eigenvalue weighted by atomic mass is 32.7. The average molecular weight is 689 g/mol. The molecule has 3 saturated heterocycles. The number of nitrogens with one attached hydrogen (secondary N) is 1. The van der Waals surface area contributed by atoms with Crippen LogP contribution in [0, 0.1) is 0 Å². The number of imidazole rings is 1. The number of fused-ring (bicyclic) bond motifs is 5. The maximum atomic E-state index is 13.5. The van der Waals surface area contributed by atoms with Gasteiger partial charge in [0.05, 0.1) is 25.6 Å². The molecule has 0 radical (unpaired) electrons. The summed E-state index contributed by atoms with van der Waals surface area (Å²) in [6.45, 7) is -8.90. The molecular formula is C22H26N8O10P2S2. The van der Waals surface area contributed by atoms with E-state index in [1.807, 2.05) is 0 Å². The zero-order valence-corrected chi connectivity index (χ0v) is 25.9. The van der Waals surface area contributed by atoms with E-state index in [1.54, 1.807) is 22.9 Å². The molecule has 18 nitrogen and oxygen atoms in total. The summed E-state index contributed by atoms with van der Waals surface area (Å²) in [5.74, 6) is -0.151. The molecule has 44 heavy (non-hydrogen) atoms. The summed E-state index contributed by atoms with van der Waals surface area (Å²) in [6.07, 6.45) is -3.13. The van der Waals surface area contributed by atoms with Crippen molar-refractivity contribution >= 4 is 71.4 Å². The number of thiol groups is 1. The molecule has 7 rings (SSSR count). The van der Waals surface area contributed by atoms with E-state index in [0.717, 1.165) is 0 Å². The molecule has 4 aromatic heterocycles. The summed E-state index contributed by atoms with van der Waals surface area (Å²) >= 11 is 9.44. The molecule has 9 atom stereocenters. The van der Waals surface area contributed by atoms with Gasteiger partial charge in [0.15, 0.2) is 23.6 Å². The highest BCUT2D eigenvalue weighted by Crippen LogP contribution is 2.58. The normalized spacial score (nSPS) is 36.6. The van der Waals surface area contributed by atoms with Crippen LogP contribution in [0.15, 0.2) is 35.6 Å². The Morgan fingerprint density at radius 3 is 2.70 bits per heavy atom. The molecule has 0 saturated carbocycles. The third kappa shape index (κ3) is 5.48. The van der Waals surface area contributed by atoms with Crippen LogP contribution in [0.25, 0.3) is 22.2 Å². The molecule has 3 aliphatic heterocycles. The molecule has 0 aliphatic carbocycles. The minimum atomic E-state index is -4.15. The fourth-order valence-electron chi connectivity index (χ4n) is 5.52. The third-order valence-electron chi connectivity index (χ3n) is 7.45. The zero-order chi connectivity index (χ0) is 31.0. The Labute approximate surface area is 257 Å². The van der Waals surface area contributed by atoms with Crippen LogP contribution in [0.4, 0.5) is 11.6 Å². The highest BCUT2D eigenvalue weighted by molar-refractivity contribution is 8.44. The number of ether oxygens (including phenoxy) is 2. The summed E-state index contributed by atoms with van der Waals surface area (Å²) in [7, 11) is 0. The monoisotopic (exact) mass is 688 g/mol. The maximum Gasteiger partial charge on any atom is 0.386 e. The van der Waals surface area contributed by atoms with Crippen LogP contribution >= 0.6 is 25.8 Å². The number of nitrogens with two attached hydrogens (primary N) is 2. The summed E-state index contributed by atoms with van der Waals surface area (Å²) in [4.78, 5) is 38.3. The standard InChI is InChI=1S/C22H26N8O10P2S2/c23-11-1-3-25-17-10(11)2-4-29(17)21-15(31)16-13(38-21)7-36-41(33,43)39-12-5-9(6-35-42(34,44)40-16)37-20(12)30-8-26-14-18(30)27-22(24)28-19(14)32/h1-4,8-9,12-13,15-16,20-21,31H,5-7H2,(H2,23,25)(H,33,43)(H,34,44)(H3,24,27,28,32)/t9-,12+,13+,15+,16+,20+,21+,41?,42?/m0/s1. The summed E-state index contributed by atoms with van der Waals surface area (Å²) in [5.41, 5.74) is 12.2. The summed E-state index contributed by atoms with van der Waals surface area (Å²) in [5, 5.41) is 11.9. The SMILES string of the molecule is Nc1nc2c(ncn2[C@@H]2O[C@@H]3COP(O)(=S)O[C@H]4[C@@H](O)[C@H](n5ccc6c(N)ccnc65)O[C@@H]4COP(=O)(S)O[C@@H]2C3)c(=O)[nH]1. The van der Waals surface area contributed by atoms with Gasteiger partial charge in [0, 0.05) is 29.9 Å². The van der Waals surface area contributed by atoms with E-state index < -0.39 is 68.7 Å². The Morgan fingerprint density at radius 2 is 1.89 bits per heavy atom. The zero-order valence-electron chi connectivity index (χ0n) is 22.4. The molecular weight excluding hydrogens is 662 g/mol. The van der Waals surface area contributed by atoms with Crippen molar-refractivity contribution in [3.63, 3.8) is 0 Å². The molecule has 4 aromatic rings. The quantitative estimate of drug-likeness (QED) is 0.127. The molecule has 3 aliphatic rings. The van der Waals surface area contributed by atoms with Gasteiger partial charge in [0.2, 0.25) is 5.95 Å². The van der Waals surface area contributed by atoms with E-state index in [4.69, 9.17) is 50.8 Å². The molecule has 7 heterocycles. The van der Waals surface area contributed by atoms with Gasteiger partial charge in [-0.2, -0.15) is 4.98 Å². The summed E-state index contributed by atoms with van der Waals surface area (Å²) in [6, 6.07) is 3.35. The lowest BCUT2D eigenvalue weighted by atomic mass is 10.1. The van der Waals surface area contributed by atoms with Gasteiger partial charge in [-0.15, -0.1) is 0 Å². The number of H-pyrrole nitrogens is 1. The number of hydrogen-bond acceptors (Lipinski definition) is 15. The van der Waals surface area contributed by atoms with Crippen LogP contribution in [0.1, 0.15) is 18.9 Å². The van der Waals surface area contributed by atoms with E-state index in [-0.39, 0.29) is 30.1 Å². The Balaban J connectivity index is 1.19. The van der Waals surface area contributed by atoms with Gasteiger partial charge in [-0.05, 0) is 23.9 Å². The Hall–Kier alpha value is -2.45. The number of anilines is 2. The predicted molar refractivity (Wildman–Crippen MR) is 160 cm³/mol. The number of rotatable bonds is 2. The number of aliphatic hydroxyl groups excluding tert-OH is 1. The molecule has 7 N–H and O–H groups in total. The van der Waals surface area contributed by atoms with Crippen molar-refractivity contribution in [1.82, 2.24) is 29.1 Å². The van der Waals surface area contributed by atoms with Gasteiger partial charge in [0.1, 0.15) is 30.1 Å². The Bertz CT molecular complexity index is 1910. The second-order valence-corrected chi connectivity index (χ2v) is 16.0. The first-order valence-corrected chi connectivity index (χ1v) is 18.4. The molecule has 2 unspecified atom stereocenters. The number of nitrogen functional groups attached to an aromatic ring is 2. The largest absolute Gasteiger partial charge is 0.398 e. The summed E-state index contributed by atoms with van der Waals surface area (Å²) < 4.78 is 51.5. The number of nitrogens with zero attached hydrogens (tertiary/aromatic N) is 5. The van der Waals surface area contributed by atoms with Gasteiger partial charge < -0.3 is 40.0 Å². The molecule has 3 fully saturated rings. The number of hydrogen-bond donors (Lipinski definition) is 6. The van der Waals surface area contributed by atoms with Gasteiger partial charge in [-0.3, -0.25) is 27.9 Å². The van der Waals surface area contributed by atoms with Crippen LogP contribution in [0.2, 0.25) is 0 Å².